The van der Waals surface area contributed by atoms with Crippen LogP contribution in [0.25, 0.3) is 16.8 Å². The van der Waals surface area contributed by atoms with Gasteiger partial charge in [0.25, 0.3) is 0 Å². The number of halogens is 2. The molecule has 1 amide bonds. The number of carboxylic acids is 1. The Balaban J connectivity index is 1.40. The minimum atomic E-state index is -0.880. The van der Waals surface area contributed by atoms with Crippen LogP contribution in [0.4, 0.5) is 5.69 Å². The first-order chi connectivity index (χ1) is 18.0. The summed E-state index contributed by atoms with van der Waals surface area (Å²) in [6.45, 7) is 6.32. The zero-order valence-electron chi connectivity index (χ0n) is 20.9. The number of rotatable bonds is 8. The van der Waals surface area contributed by atoms with Crippen LogP contribution in [0.1, 0.15) is 31.9 Å². The van der Waals surface area contributed by atoms with Gasteiger partial charge < -0.3 is 10.4 Å². The molecule has 0 aliphatic rings. The first kappa shape index (κ1) is 27.6. The number of anilines is 1. The number of carbonyl (C=O) groups is 2. The van der Waals surface area contributed by atoms with Crippen molar-refractivity contribution in [2.75, 3.05) is 11.1 Å². The molecule has 196 valence electrons. The van der Waals surface area contributed by atoms with E-state index in [1.165, 1.54) is 16.4 Å². The van der Waals surface area contributed by atoms with Crippen LogP contribution in [0.2, 0.25) is 10.0 Å². The summed E-state index contributed by atoms with van der Waals surface area (Å²) in [6.07, 6.45) is -0.0348. The quantitative estimate of drug-likeness (QED) is 0.240. The molecule has 0 radical (unpaired) electrons. The highest BCUT2D eigenvalue weighted by atomic mass is 35.5. The highest BCUT2D eigenvalue weighted by Crippen LogP contribution is 2.31. The van der Waals surface area contributed by atoms with Gasteiger partial charge in [-0.1, -0.05) is 92.1 Å². The van der Waals surface area contributed by atoms with Crippen molar-refractivity contribution >= 4 is 52.5 Å². The van der Waals surface area contributed by atoms with Crippen molar-refractivity contribution in [3.05, 3.63) is 81.8 Å². The average molecular weight is 571 g/mol. The molecular weight excluding hydrogens is 545 g/mol. The van der Waals surface area contributed by atoms with Gasteiger partial charge in [-0.05, 0) is 62.4 Å². The Morgan fingerprint density at radius 2 is 1.68 bits per heavy atom. The minimum Gasteiger partial charge on any atom is -0.481 e. The number of nitrogens with zero attached hydrogens (tertiary/aromatic N) is 4. The summed E-state index contributed by atoms with van der Waals surface area (Å²) in [6, 6.07) is 18.3. The second kappa shape index (κ2) is 11.6. The Morgan fingerprint density at radius 1 is 0.974 bits per heavy atom. The number of aliphatic carboxylic acids is 1. The maximum Gasteiger partial charge on any atom is 0.307 e. The van der Waals surface area contributed by atoms with E-state index in [4.69, 9.17) is 28.3 Å². The van der Waals surface area contributed by atoms with E-state index in [2.05, 4.69) is 41.6 Å². The van der Waals surface area contributed by atoms with Crippen molar-refractivity contribution in [2.45, 2.75) is 37.8 Å². The number of tetrazole rings is 1. The molecule has 2 N–H and O–H groups in total. The van der Waals surface area contributed by atoms with E-state index in [1.54, 1.807) is 24.3 Å². The summed E-state index contributed by atoms with van der Waals surface area (Å²) in [5.41, 5.74) is 4.58. The number of nitrogens with one attached hydrogen (secondary N) is 1. The topological polar surface area (TPSA) is 110 Å². The third kappa shape index (κ3) is 6.72. The number of hydrogen-bond donors (Lipinski definition) is 2. The van der Waals surface area contributed by atoms with Crippen LogP contribution in [-0.4, -0.2) is 42.9 Å². The van der Waals surface area contributed by atoms with Crippen molar-refractivity contribution in [3.8, 4) is 16.8 Å². The molecule has 0 aliphatic heterocycles. The fourth-order valence-corrected chi connectivity index (χ4v) is 4.84. The predicted octanol–water partition coefficient (Wildman–Crippen LogP) is 6.29. The molecule has 0 fully saturated rings. The van der Waals surface area contributed by atoms with Gasteiger partial charge in [-0.3, -0.25) is 9.59 Å². The van der Waals surface area contributed by atoms with Gasteiger partial charge in [-0.25, -0.2) is 0 Å². The summed E-state index contributed by atoms with van der Waals surface area (Å²) in [7, 11) is 0. The zero-order chi connectivity index (χ0) is 27.4. The molecule has 1 aromatic heterocycles. The number of carboxylic acid groups (broad SMARTS) is 1. The maximum atomic E-state index is 12.7. The summed E-state index contributed by atoms with van der Waals surface area (Å²) in [5.74, 6) is -1.10. The summed E-state index contributed by atoms with van der Waals surface area (Å²) in [4.78, 5) is 23.5. The van der Waals surface area contributed by atoms with Crippen molar-refractivity contribution in [1.29, 1.82) is 0 Å². The molecule has 0 aliphatic carbocycles. The first-order valence-corrected chi connectivity index (χ1v) is 13.4. The number of hydrogen-bond acceptors (Lipinski definition) is 6. The van der Waals surface area contributed by atoms with Gasteiger partial charge >= 0.3 is 5.97 Å². The molecule has 0 spiro atoms. The van der Waals surface area contributed by atoms with E-state index in [-0.39, 0.29) is 23.5 Å². The molecule has 3 aromatic carbocycles. The Kier molecular flexibility index (Phi) is 8.40. The molecule has 0 bridgehead atoms. The molecule has 11 heteroatoms. The number of aromatic nitrogens is 4. The van der Waals surface area contributed by atoms with E-state index < -0.39 is 5.97 Å². The number of carbonyl (C=O) groups excluding carboxylic acids is 1. The lowest BCUT2D eigenvalue weighted by molar-refractivity contribution is -0.136. The van der Waals surface area contributed by atoms with E-state index in [0.717, 1.165) is 16.7 Å². The second-order valence-corrected chi connectivity index (χ2v) is 11.3. The average Bonchev–Trinajstić information content (AvgIpc) is 3.32. The smallest absolute Gasteiger partial charge is 0.307 e. The van der Waals surface area contributed by atoms with Crippen LogP contribution < -0.4 is 5.32 Å². The van der Waals surface area contributed by atoms with E-state index >= 15 is 0 Å². The van der Waals surface area contributed by atoms with Crippen LogP contribution in [-0.2, 0) is 21.4 Å². The highest BCUT2D eigenvalue weighted by Gasteiger charge is 2.18. The third-order valence-electron chi connectivity index (χ3n) is 5.70. The van der Waals surface area contributed by atoms with Crippen molar-refractivity contribution < 1.29 is 14.7 Å². The molecule has 1 heterocycles. The summed E-state index contributed by atoms with van der Waals surface area (Å²) < 4.78 is 1.51. The molecule has 4 aromatic rings. The van der Waals surface area contributed by atoms with Gasteiger partial charge in [0.2, 0.25) is 11.1 Å². The lowest BCUT2D eigenvalue weighted by Gasteiger charge is -2.20. The normalized spacial score (nSPS) is 11.4. The SMILES string of the molecule is CC(C)(C)c1ccc(-n2nnnc2SCC(=O)Nc2ccc(-c3ccc(CC(=O)O)cc3)cc2Cl)c(Cl)c1. The molecular formula is C27H25Cl2N5O3S. The fraction of sp³-hybridized carbons (Fsp3) is 0.222. The van der Waals surface area contributed by atoms with Crippen LogP contribution >= 0.6 is 35.0 Å². The largest absolute Gasteiger partial charge is 0.481 e. The molecule has 8 nitrogen and oxygen atoms in total. The monoisotopic (exact) mass is 569 g/mol. The molecule has 0 unspecified atom stereocenters. The van der Waals surface area contributed by atoms with Crippen LogP contribution in [0.3, 0.4) is 0 Å². The summed E-state index contributed by atoms with van der Waals surface area (Å²) in [5, 5.41) is 24.9. The Bertz CT molecular complexity index is 1480. The first-order valence-electron chi connectivity index (χ1n) is 11.6. The zero-order valence-corrected chi connectivity index (χ0v) is 23.2. The molecule has 4 rings (SSSR count). The predicted molar refractivity (Wildman–Crippen MR) is 150 cm³/mol. The van der Waals surface area contributed by atoms with Gasteiger partial charge in [0.05, 0.1) is 33.6 Å². The van der Waals surface area contributed by atoms with Crippen molar-refractivity contribution in [1.82, 2.24) is 20.2 Å². The van der Waals surface area contributed by atoms with Gasteiger partial charge in [0.1, 0.15) is 0 Å². The Morgan fingerprint density at radius 3 is 2.32 bits per heavy atom. The van der Waals surface area contributed by atoms with Gasteiger partial charge in [-0.15, -0.1) is 5.10 Å². The van der Waals surface area contributed by atoms with Crippen molar-refractivity contribution in [3.63, 3.8) is 0 Å². The van der Waals surface area contributed by atoms with Gasteiger partial charge in [0.15, 0.2) is 0 Å². The molecule has 38 heavy (non-hydrogen) atoms. The number of amides is 1. The second-order valence-electron chi connectivity index (χ2n) is 9.59. The maximum absolute atomic E-state index is 12.7. The molecule has 0 atom stereocenters. The van der Waals surface area contributed by atoms with Crippen molar-refractivity contribution in [2.24, 2.45) is 0 Å². The lowest BCUT2D eigenvalue weighted by Crippen LogP contribution is -2.15. The molecule has 0 saturated carbocycles. The van der Waals surface area contributed by atoms with Crippen LogP contribution in [0, 0.1) is 0 Å². The number of thioether (sulfide) groups is 1. The standard InChI is InChI=1S/C27H25Cl2N5O3S/c1-27(2,3)19-9-11-23(21(29)14-19)34-26(31-32-33-34)38-15-24(35)30-22-10-8-18(13-20(22)28)17-6-4-16(5-7-17)12-25(36)37/h4-11,13-14H,12,15H2,1-3H3,(H,30,35)(H,36,37). The Hall–Kier alpha value is -3.40. The summed E-state index contributed by atoms with van der Waals surface area (Å²) >= 11 is 14.1. The van der Waals surface area contributed by atoms with E-state index in [9.17, 15) is 9.59 Å². The minimum absolute atomic E-state index is 0.0348. The Labute approximate surface area is 234 Å². The van der Waals surface area contributed by atoms with E-state index in [1.807, 2.05) is 36.4 Å². The van der Waals surface area contributed by atoms with Gasteiger partial charge in [0, 0.05) is 0 Å². The van der Waals surface area contributed by atoms with E-state index in [0.29, 0.717) is 32.1 Å². The highest BCUT2D eigenvalue weighted by molar-refractivity contribution is 7.99. The fourth-order valence-electron chi connectivity index (χ4n) is 3.67. The lowest BCUT2D eigenvalue weighted by atomic mass is 9.87. The molecule has 0 saturated heterocycles. The van der Waals surface area contributed by atoms with Gasteiger partial charge in [-0.2, -0.15) is 4.68 Å². The van der Waals surface area contributed by atoms with Crippen LogP contribution in [0.5, 0.6) is 0 Å². The van der Waals surface area contributed by atoms with Crippen LogP contribution in [0.15, 0.2) is 65.8 Å². The number of benzene rings is 3. The third-order valence-corrected chi connectivity index (χ3v) is 7.24.